The van der Waals surface area contributed by atoms with Gasteiger partial charge in [-0.15, -0.1) is 11.3 Å². The molecule has 0 spiro atoms. The van der Waals surface area contributed by atoms with E-state index in [1.54, 1.807) is 11.3 Å². The van der Waals surface area contributed by atoms with E-state index in [0.29, 0.717) is 0 Å². The Kier molecular flexibility index (Phi) is 4.03. The Morgan fingerprint density at radius 2 is 2.13 bits per heavy atom. The molecule has 1 aromatic rings. The van der Waals surface area contributed by atoms with E-state index in [2.05, 4.69) is 4.90 Å². The minimum Gasteiger partial charge on any atom is -0.396 e. The van der Waals surface area contributed by atoms with Crippen molar-refractivity contribution in [3.8, 4) is 0 Å². The zero-order valence-corrected chi connectivity index (χ0v) is 10.2. The van der Waals surface area contributed by atoms with Gasteiger partial charge in [0.05, 0.1) is 10.9 Å². The molecule has 84 valence electrons. The lowest BCUT2D eigenvalue weighted by Gasteiger charge is -2.20. The molecule has 1 aliphatic rings. The largest absolute Gasteiger partial charge is 0.396 e. The number of hydrogen-bond acceptors (Lipinski definition) is 3. The standard InChI is InChI=1S/C11H16ClNOS/c12-11-4-3-10(15-11)9(8-14)7-13-5-1-2-6-13/h3-4,9,14H,1-2,5-8H2. The van der Waals surface area contributed by atoms with E-state index < -0.39 is 0 Å². The second-order valence-electron chi connectivity index (χ2n) is 4.03. The van der Waals surface area contributed by atoms with Gasteiger partial charge in [-0.2, -0.15) is 0 Å². The summed E-state index contributed by atoms with van der Waals surface area (Å²) in [6, 6.07) is 3.94. The molecule has 2 heterocycles. The van der Waals surface area contributed by atoms with Crippen molar-refractivity contribution < 1.29 is 5.11 Å². The Morgan fingerprint density at radius 1 is 1.40 bits per heavy atom. The molecular formula is C11H16ClNOS. The topological polar surface area (TPSA) is 23.5 Å². The van der Waals surface area contributed by atoms with Crippen molar-refractivity contribution in [2.45, 2.75) is 18.8 Å². The zero-order valence-electron chi connectivity index (χ0n) is 8.66. The average Bonchev–Trinajstić information content (AvgIpc) is 2.85. The van der Waals surface area contributed by atoms with Gasteiger partial charge in [-0.25, -0.2) is 0 Å². The summed E-state index contributed by atoms with van der Waals surface area (Å²) in [5.74, 6) is 0.237. The van der Waals surface area contributed by atoms with Crippen molar-refractivity contribution in [2.24, 2.45) is 0 Å². The van der Waals surface area contributed by atoms with Crippen molar-refractivity contribution in [3.05, 3.63) is 21.3 Å². The first-order valence-corrected chi connectivity index (χ1v) is 6.57. The maximum absolute atomic E-state index is 9.39. The normalized spacial score (nSPS) is 19.6. The molecule has 0 radical (unpaired) electrons. The van der Waals surface area contributed by atoms with Crippen LogP contribution in [0.5, 0.6) is 0 Å². The monoisotopic (exact) mass is 245 g/mol. The molecule has 1 aliphatic heterocycles. The van der Waals surface area contributed by atoms with Crippen LogP contribution in [0.3, 0.4) is 0 Å². The van der Waals surface area contributed by atoms with Crippen LogP contribution in [0.1, 0.15) is 23.6 Å². The molecule has 2 nitrogen and oxygen atoms in total. The third kappa shape index (κ3) is 2.94. The molecule has 1 fully saturated rings. The van der Waals surface area contributed by atoms with Crippen LogP contribution in [-0.2, 0) is 0 Å². The SMILES string of the molecule is OCC(CN1CCCC1)c1ccc(Cl)s1. The van der Waals surface area contributed by atoms with Gasteiger partial charge in [-0.1, -0.05) is 11.6 Å². The van der Waals surface area contributed by atoms with E-state index in [0.717, 1.165) is 10.9 Å². The summed E-state index contributed by atoms with van der Waals surface area (Å²) in [7, 11) is 0. The highest BCUT2D eigenvalue weighted by Gasteiger charge is 2.19. The number of nitrogens with zero attached hydrogens (tertiary/aromatic N) is 1. The van der Waals surface area contributed by atoms with Crippen LogP contribution in [0.4, 0.5) is 0 Å². The third-order valence-electron chi connectivity index (χ3n) is 2.89. The highest BCUT2D eigenvalue weighted by Crippen LogP contribution is 2.29. The van der Waals surface area contributed by atoms with E-state index in [-0.39, 0.29) is 12.5 Å². The molecule has 0 aromatic carbocycles. The first-order chi connectivity index (χ1) is 7.29. The van der Waals surface area contributed by atoms with E-state index in [9.17, 15) is 5.11 Å². The smallest absolute Gasteiger partial charge is 0.0931 e. The van der Waals surface area contributed by atoms with Crippen LogP contribution < -0.4 is 0 Å². The van der Waals surface area contributed by atoms with Gasteiger partial charge in [0.2, 0.25) is 0 Å². The van der Waals surface area contributed by atoms with Crippen molar-refractivity contribution in [1.29, 1.82) is 0 Å². The number of likely N-dealkylation sites (tertiary alicyclic amines) is 1. The van der Waals surface area contributed by atoms with Gasteiger partial charge in [0.1, 0.15) is 0 Å². The van der Waals surface area contributed by atoms with Crippen molar-refractivity contribution >= 4 is 22.9 Å². The van der Waals surface area contributed by atoms with E-state index in [1.165, 1.54) is 30.8 Å². The van der Waals surface area contributed by atoms with E-state index in [4.69, 9.17) is 11.6 Å². The molecule has 0 amide bonds. The molecule has 0 aliphatic carbocycles. The van der Waals surface area contributed by atoms with Crippen molar-refractivity contribution in [3.63, 3.8) is 0 Å². The Hall–Kier alpha value is -0.0900. The minimum absolute atomic E-state index is 0.216. The third-order valence-corrected chi connectivity index (χ3v) is 4.29. The summed E-state index contributed by atoms with van der Waals surface area (Å²) in [5.41, 5.74) is 0. The maximum atomic E-state index is 9.39. The zero-order chi connectivity index (χ0) is 10.7. The summed E-state index contributed by atoms with van der Waals surface area (Å²) < 4.78 is 0.810. The number of aliphatic hydroxyl groups is 1. The van der Waals surface area contributed by atoms with Gasteiger partial charge in [0.15, 0.2) is 0 Å². The molecule has 15 heavy (non-hydrogen) atoms. The second kappa shape index (κ2) is 5.30. The van der Waals surface area contributed by atoms with Crippen LogP contribution in [0, 0.1) is 0 Å². The van der Waals surface area contributed by atoms with Gasteiger partial charge in [0, 0.05) is 17.3 Å². The van der Waals surface area contributed by atoms with Gasteiger partial charge < -0.3 is 10.0 Å². The molecule has 0 saturated carbocycles. The van der Waals surface area contributed by atoms with Crippen LogP contribution in [0.25, 0.3) is 0 Å². The highest BCUT2D eigenvalue weighted by atomic mass is 35.5. The summed E-state index contributed by atoms with van der Waals surface area (Å²) in [5, 5.41) is 9.39. The molecule has 0 bridgehead atoms. The molecule has 1 N–H and O–H groups in total. The highest BCUT2D eigenvalue weighted by molar-refractivity contribution is 7.16. The van der Waals surface area contributed by atoms with Crippen LogP contribution in [0.15, 0.2) is 12.1 Å². The van der Waals surface area contributed by atoms with Gasteiger partial charge >= 0.3 is 0 Å². The number of hydrogen-bond donors (Lipinski definition) is 1. The summed E-state index contributed by atoms with van der Waals surface area (Å²) in [4.78, 5) is 3.63. The number of halogens is 1. The van der Waals surface area contributed by atoms with Crippen LogP contribution >= 0.6 is 22.9 Å². The lowest BCUT2D eigenvalue weighted by molar-refractivity contribution is 0.222. The number of rotatable bonds is 4. The second-order valence-corrected chi connectivity index (χ2v) is 5.78. The predicted octanol–water partition coefficient (Wildman–Crippen LogP) is 2.57. The van der Waals surface area contributed by atoms with Crippen molar-refractivity contribution in [1.82, 2.24) is 4.90 Å². The van der Waals surface area contributed by atoms with Gasteiger partial charge in [-0.3, -0.25) is 0 Å². The maximum Gasteiger partial charge on any atom is 0.0931 e. The minimum atomic E-state index is 0.216. The van der Waals surface area contributed by atoms with E-state index in [1.807, 2.05) is 12.1 Å². The molecule has 1 saturated heterocycles. The Bertz CT molecular complexity index is 309. The van der Waals surface area contributed by atoms with Gasteiger partial charge in [0.25, 0.3) is 0 Å². The lowest BCUT2D eigenvalue weighted by atomic mass is 10.1. The summed E-state index contributed by atoms with van der Waals surface area (Å²) >= 11 is 7.48. The average molecular weight is 246 g/mol. The number of thiophene rings is 1. The Morgan fingerprint density at radius 3 is 2.67 bits per heavy atom. The van der Waals surface area contributed by atoms with Crippen molar-refractivity contribution in [2.75, 3.05) is 26.2 Å². The molecular weight excluding hydrogens is 230 g/mol. The molecule has 1 aromatic heterocycles. The molecule has 1 unspecified atom stereocenters. The predicted molar refractivity (Wildman–Crippen MR) is 64.8 cm³/mol. The summed E-state index contributed by atoms with van der Waals surface area (Å²) in [6.45, 7) is 3.53. The fraction of sp³-hybridized carbons (Fsp3) is 0.636. The fourth-order valence-electron chi connectivity index (χ4n) is 2.06. The van der Waals surface area contributed by atoms with E-state index >= 15 is 0 Å². The first-order valence-electron chi connectivity index (χ1n) is 5.38. The molecule has 1 atom stereocenters. The number of aliphatic hydroxyl groups excluding tert-OH is 1. The summed E-state index contributed by atoms with van der Waals surface area (Å²) in [6.07, 6.45) is 2.59. The van der Waals surface area contributed by atoms with Crippen LogP contribution in [-0.4, -0.2) is 36.2 Å². The fourth-order valence-corrected chi connectivity index (χ4v) is 3.21. The lowest BCUT2D eigenvalue weighted by Crippen LogP contribution is -2.26. The quantitative estimate of drug-likeness (QED) is 0.882. The molecule has 4 heteroatoms. The first kappa shape index (κ1) is 11.4. The van der Waals surface area contributed by atoms with Gasteiger partial charge in [-0.05, 0) is 38.1 Å². The Labute approximate surface area is 99.5 Å². The Balaban J connectivity index is 1.97. The molecule has 2 rings (SSSR count). The van der Waals surface area contributed by atoms with Crippen LogP contribution in [0.2, 0.25) is 4.34 Å².